The van der Waals surface area contributed by atoms with Crippen molar-refractivity contribution in [2.24, 2.45) is 0 Å². The van der Waals surface area contributed by atoms with E-state index < -0.39 is 11.6 Å². The summed E-state index contributed by atoms with van der Waals surface area (Å²) in [6, 6.07) is 3.86. The Bertz CT molecular complexity index is 314. The van der Waals surface area contributed by atoms with E-state index >= 15 is 0 Å². The van der Waals surface area contributed by atoms with Gasteiger partial charge >= 0.3 is 0 Å². The smallest absolute Gasteiger partial charge is 0.129 e. The van der Waals surface area contributed by atoms with Crippen LogP contribution in [0.5, 0.6) is 0 Å². The first-order valence-corrected chi connectivity index (χ1v) is 5.07. The lowest BCUT2D eigenvalue weighted by atomic mass is 9.84. The van der Waals surface area contributed by atoms with Crippen LogP contribution in [0.25, 0.3) is 0 Å². The molecule has 0 bridgehead atoms. The van der Waals surface area contributed by atoms with Crippen LogP contribution < -0.4 is 0 Å². The minimum atomic E-state index is -0.498. The second kappa shape index (κ2) is 4.07. The molecule has 0 saturated heterocycles. The Balaban J connectivity index is 2.22. The van der Waals surface area contributed by atoms with Gasteiger partial charge in [-0.05, 0) is 24.5 Å². The van der Waals surface area contributed by atoms with Crippen LogP contribution in [0.4, 0.5) is 8.78 Å². The Kier molecular flexibility index (Phi) is 2.80. The van der Waals surface area contributed by atoms with Gasteiger partial charge in [0, 0.05) is 12.0 Å². The van der Waals surface area contributed by atoms with Crippen molar-refractivity contribution < 1.29 is 8.78 Å². The first-order chi connectivity index (χ1) is 6.77. The average molecular weight is 195 g/mol. The summed E-state index contributed by atoms with van der Waals surface area (Å²) in [6.07, 6.45) is 5.41. The van der Waals surface area contributed by atoms with Gasteiger partial charge in [-0.15, -0.1) is 0 Å². The highest BCUT2D eigenvalue weighted by molar-refractivity contribution is 5.32. The fourth-order valence-electron chi connectivity index (χ4n) is 2.02. The zero-order chi connectivity index (χ0) is 9.97. The molecule has 0 aromatic heterocycles. The Morgan fingerprint density at radius 1 is 0.929 bits per heavy atom. The molecule has 1 aliphatic carbocycles. The van der Waals surface area contributed by atoms with E-state index in [1.54, 1.807) is 6.07 Å². The molecule has 1 aliphatic rings. The van der Waals surface area contributed by atoms with E-state index in [0.29, 0.717) is 5.56 Å². The fraction of sp³-hybridized carbons (Fsp3) is 0.417. The van der Waals surface area contributed by atoms with Crippen molar-refractivity contribution in [3.05, 3.63) is 41.3 Å². The topological polar surface area (TPSA) is 0 Å². The molecule has 0 spiro atoms. The van der Waals surface area contributed by atoms with Crippen LogP contribution in [0, 0.1) is 17.6 Å². The van der Waals surface area contributed by atoms with Crippen LogP contribution in [-0.2, 0) is 0 Å². The van der Waals surface area contributed by atoms with Crippen LogP contribution in [0.3, 0.4) is 0 Å². The lowest BCUT2D eigenvalue weighted by Gasteiger charge is -2.21. The quantitative estimate of drug-likeness (QED) is 0.638. The molecule has 75 valence electrons. The molecule has 1 radical (unpaired) electrons. The van der Waals surface area contributed by atoms with Crippen molar-refractivity contribution >= 4 is 0 Å². The Labute approximate surface area is 82.9 Å². The van der Waals surface area contributed by atoms with Crippen molar-refractivity contribution in [2.45, 2.75) is 32.1 Å². The molecule has 14 heavy (non-hydrogen) atoms. The lowest BCUT2D eigenvalue weighted by molar-refractivity contribution is 0.525. The maximum Gasteiger partial charge on any atom is 0.129 e. The molecule has 1 aromatic rings. The number of hydrogen-bond donors (Lipinski definition) is 0. The van der Waals surface area contributed by atoms with E-state index in [2.05, 4.69) is 0 Å². The van der Waals surface area contributed by atoms with Crippen LogP contribution >= 0.6 is 0 Å². The lowest BCUT2D eigenvalue weighted by Crippen LogP contribution is -2.07. The molecule has 0 amide bonds. The molecule has 2 rings (SSSR count). The highest BCUT2D eigenvalue weighted by Crippen LogP contribution is 2.32. The van der Waals surface area contributed by atoms with Crippen molar-refractivity contribution in [3.63, 3.8) is 0 Å². The summed E-state index contributed by atoms with van der Waals surface area (Å²) in [5.74, 6) is 0.235. The third-order valence-corrected chi connectivity index (χ3v) is 2.77. The summed E-state index contributed by atoms with van der Waals surface area (Å²) in [6.45, 7) is 0. The van der Waals surface area contributed by atoms with E-state index in [4.69, 9.17) is 0 Å². The highest BCUT2D eigenvalue weighted by Gasteiger charge is 2.19. The number of halogens is 2. The summed E-state index contributed by atoms with van der Waals surface area (Å²) in [7, 11) is 0. The molecule has 1 fully saturated rings. The van der Waals surface area contributed by atoms with Gasteiger partial charge in [0.15, 0.2) is 0 Å². The minimum Gasteiger partial charge on any atom is -0.207 e. The molecule has 0 nitrogen and oxygen atoms in total. The summed E-state index contributed by atoms with van der Waals surface area (Å²) in [5, 5.41) is 0. The number of rotatable bonds is 1. The maximum absolute atomic E-state index is 13.4. The van der Waals surface area contributed by atoms with Gasteiger partial charge in [-0.3, -0.25) is 0 Å². The van der Waals surface area contributed by atoms with Crippen molar-refractivity contribution in [1.82, 2.24) is 0 Å². The molecule has 0 heterocycles. The van der Waals surface area contributed by atoms with Gasteiger partial charge in [0.05, 0.1) is 0 Å². The van der Waals surface area contributed by atoms with E-state index in [1.165, 1.54) is 12.5 Å². The van der Waals surface area contributed by atoms with Gasteiger partial charge in [-0.25, -0.2) is 8.78 Å². The van der Waals surface area contributed by atoms with E-state index in [0.717, 1.165) is 37.7 Å². The third-order valence-electron chi connectivity index (χ3n) is 2.77. The zero-order valence-corrected chi connectivity index (χ0v) is 8.02. The molecule has 2 heteroatoms. The second-order valence-electron chi connectivity index (χ2n) is 3.79. The van der Waals surface area contributed by atoms with Crippen molar-refractivity contribution in [1.29, 1.82) is 0 Å². The van der Waals surface area contributed by atoms with E-state index in [9.17, 15) is 8.78 Å². The predicted octanol–water partition coefficient (Wildman–Crippen LogP) is 3.85. The normalized spacial score (nSPS) is 18.4. The van der Waals surface area contributed by atoms with Gasteiger partial charge in [0.1, 0.15) is 11.6 Å². The molecule has 1 saturated carbocycles. The highest BCUT2D eigenvalue weighted by atomic mass is 19.1. The summed E-state index contributed by atoms with van der Waals surface area (Å²) >= 11 is 0. The molecular weight excluding hydrogens is 182 g/mol. The maximum atomic E-state index is 13.4. The standard InChI is InChI=1S/C12H13F2/c13-10-6-7-11(12(14)8-10)9-4-2-1-3-5-9/h6-8H,1-5H2. The molecule has 0 aliphatic heterocycles. The largest absolute Gasteiger partial charge is 0.207 e. The average Bonchev–Trinajstić information content (AvgIpc) is 2.19. The van der Waals surface area contributed by atoms with Crippen LogP contribution in [-0.4, -0.2) is 0 Å². The first-order valence-electron chi connectivity index (χ1n) is 5.07. The number of benzene rings is 1. The summed E-state index contributed by atoms with van der Waals surface area (Å²) < 4.78 is 26.0. The van der Waals surface area contributed by atoms with E-state index in [1.807, 2.05) is 0 Å². The van der Waals surface area contributed by atoms with Gasteiger partial charge < -0.3 is 0 Å². The van der Waals surface area contributed by atoms with Gasteiger partial charge in [-0.1, -0.05) is 25.3 Å². The molecule has 0 unspecified atom stereocenters. The molecule has 0 atom stereocenters. The molecule has 1 aromatic carbocycles. The Morgan fingerprint density at radius 3 is 2.29 bits per heavy atom. The zero-order valence-electron chi connectivity index (χ0n) is 8.02. The van der Waals surface area contributed by atoms with Crippen molar-refractivity contribution in [3.8, 4) is 0 Å². The second-order valence-corrected chi connectivity index (χ2v) is 3.79. The SMILES string of the molecule is Fc1ccc([C]2CCCCC2)c(F)c1. The summed E-state index contributed by atoms with van der Waals surface area (Å²) in [5.41, 5.74) is 0.617. The fourth-order valence-corrected chi connectivity index (χ4v) is 2.02. The monoisotopic (exact) mass is 195 g/mol. The Hall–Kier alpha value is -0.920. The first kappa shape index (κ1) is 9.63. The summed E-state index contributed by atoms with van der Waals surface area (Å²) in [4.78, 5) is 0. The van der Waals surface area contributed by atoms with Crippen LogP contribution in [0.15, 0.2) is 18.2 Å². The van der Waals surface area contributed by atoms with Gasteiger partial charge in [0.25, 0.3) is 0 Å². The molecule has 0 N–H and O–H groups in total. The predicted molar refractivity (Wildman–Crippen MR) is 51.8 cm³/mol. The number of hydrogen-bond acceptors (Lipinski definition) is 0. The van der Waals surface area contributed by atoms with Crippen molar-refractivity contribution in [2.75, 3.05) is 0 Å². The van der Waals surface area contributed by atoms with E-state index in [-0.39, 0.29) is 0 Å². The minimum absolute atomic E-state index is 0.415. The third kappa shape index (κ3) is 1.94. The van der Waals surface area contributed by atoms with Gasteiger partial charge in [0.2, 0.25) is 0 Å². The van der Waals surface area contributed by atoms with Gasteiger partial charge in [-0.2, -0.15) is 0 Å². The van der Waals surface area contributed by atoms with Crippen LogP contribution in [0.1, 0.15) is 37.7 Å². The van der Waals surface area contributed by atoms with Crippen LogP contribution in [0.2, 0.25) is 0 Å². The molecular formula is C12H13F2. The Morgan fingerprint density at radius 2 is 1.64 bits per heavy atom.